The summed E-state index contributed by atoms with van der Waals surface area (Å²) in [5, 5.41) is 0. The van der Waals surface area contributed by atoms with Crippen LogP contribution in [0.1, 0.15) is 25.3 Å². The summed E-state index contributed by atoms with van der Waals surface area (Å²) in [6.45, 7) is 4.42. The molecule has 0 saturated carbocycles. The van der Waals surface area contributed by atoms with Crippen molar-refractivity contribution < 1.29 is 13.5 Å². The normalized spacial score (nSPS) is 17.9. The molecule has 1 atom stereocenters. The van der Waals surface area contributed by atoms with Crippen LogP contribution in [0.3, 0.4) is 0 Å². The van der Waals surface area contributed by atoms with E-state index < -0.39 is 6.55 Å². The van der Waals surface area contributed by atoms with Gasteiger partial charge in [-0.3, -0.25) is 14.4 Å². The van der Waals surface area contributed by atoms with Crippen LogP contribution in [0.4, 0.5) is 8.78 Å². The first-order chi connectivity index (χ1) is 11.6. The SMILES string of the molecule is CC(c1nc2ccccc2n1C(F)F)N(C)CCN1CCOCC1. The van der Waals surface area contributed by atoms with Crippen molar-refractivity contribution in [1.82, 2.24) is 19.4 Å². The van der Waals surface area contributed by atoms with Gasteiger partial charge < -0.3 is 4.74 Å². The molecule has 1 aromatic heterocycles. The van der Waals surface area contributed by atoms with Crippen molar-refractivity contribution in [3.8, 4) is 0 Å². The van der Waals surface area contributed by atoms with Crippen LogP contribution in [0.5, 0.6) is 0 Å². The van der Waals surface area contributed by atoms with E-state index >= 15 is 0 Å². The van der Waals surface area contributed by atoms with E-state index in [0.717, 1.165) is 44.0 Å². The van der Waals surface area contributed by atoms with Crippen LogP contribution in [-0.2, 0) is 4.74 Å². The fourth-order valence-electron chi connectivity index (χ4n) is 3.08. The average molecular weight is 338 g/mol. The van der Waals surface area contributed by atoms with Gasteiger partial charge in [0.1, 0.15) is 5.82 Å². The van der Waals surface area contributed by atoms with Gasteiger partial charge in [-0.15, -0.1) is 0 Å². The number of aromatic nitrogens is 2. The minimum absolute atomic E-state index is 0.188. The Morgan fingerprint density at radius 3 is 2.67 bits per heavy atom. The van der Waals surface area contributed by atoms with Crippen LogP contribution in [0, 0.1) is 0 Å². The first kappa shape index (κ1) is 17.3. The van der Waals surface area contributed by atoms with E-state index in [9.17, 15) is 8.78 Å². The fraction of sp³-hybridized carbons (Fsp3) is 0.588. The highest BCUT2D eigenvalue weighted by molar-refractivity contribution is 5.76. The predicted molar refractivity (Wildman–Crippen MR) is 89.3 cm³/mol. The molecule has 132 valence electrons. The van der Waals surface area contributed by atoms with E-state index in [4.69, 9.17) is 4.74 Å². The van der Waals surface area contributed by atoms with Crippen molar-refractivity contribution in [2.75, 3.05) is 46.4 Å². The van der Waals surface area contributed by atoms with Gasteiger partial charge >= 0.3 is 6.55 Å². The van der Waals surface area contributed by atoms with Crippen LogP contribution in [0.25, 0.3) is 11.0 Å². The first-order valence-electron chi connectivity index (χ1n) is 8.33. The molecule has 0 amide bonds. The van der Waals surface area contributed by atoms with E-state index in [2.05, 4.69) is 14.8 Å². The van der Waals surface area contributed by atoms with Crippen LogP contribution >= 0.6 is 0 Å². The van der Waals surface area contributed by atoms with Gasteiger partial charge in [0.25, 0.3) is 0 Å². The number of morpholine rings is 1. The molecule has 24 heavy (non-hydrogen) atoms. The fourth-order valence-corrected chi connectivity index (χ4v) is 3.08. The molecule has 1 unspecified atom stereocenters. The lowest BCUT2D eigenvalue weighted by molar-refractivity contribution is 0.0317. The summed E-state index contributed by atoms with van der Waals surface area (Å²) < 4.78 is 33.5. The third-order valence-corrected chi connectivity index (χ3v) is 4.73. The maximum atomic E-state index is 13.6. The highest BCUT2D eigenvalue weighted by Crippen LogP contribution is 2.28. The Balaban J connectivity index is 1.74. The van der Waals surface area contributed by atoms with E-state index in [1.807, 2.05) is 20.0 Å². The molecule has 0 N–H and O–H groups in total. The molecule has 1 fully saturated rings. The third kappa shape index (κ3) is 3.58. The van der Waals surface area contributed by atoms with Crippen molar-refractivity contribution >= 4 is 11.0 Å². The number of likely N-dealkylation sites (N-methyl/N-ethyl adjacent to an activating group) is 1. The molecule has 3 rings (SSSR count). The third-order valence-electron chi connectivity index (χ3n) is 4.73. The number of hydrogen-bond donors (Lipinski definition) is 0. The van der Waals surface area contributed by atoms with Crippen LogP contribution in [0.2, 0.25) is 0 Å². The summed E-state index contributed by atoms with van der Waals surface area (Å²) in [5.41, 5.74) is 1.09. The monoisotopic (exact) mass is 338 g/mol. The average Bonchev–Trinajstić information content (AvgIpc) is 2.99. The zero-order chi connectivity index (χ0) is 17.1. The van der Waals surface area contributed by atoms with Gasteiger partial charge in [-0.25, -0.2) is 4.98 Å². The van der Waals surface area contributed by atoms with Gasteiger partial charge in [-0.1, -0.05) is 12.1 Å². The lowest BCUT2D eigenvalue weighted by Crippen LogP contribution is -2.41. The summed E-state index contributed by atoms with van der Waals surface area (Å²) in [4.78, 5) is 8.87. The molecule has 1 saturated heterocycles. The van der Waals surface area contributed by atoms with Gasteiger partial charge in [0.15, 0.2) is 0 Å². The molecule has 7 heteroatoms. The number of hydrogen-bond acceptors (Lipinski definition) is 4. The lowest BCUT2D eigenvalue weighted by Gasteiger charge is -2.30. The summed E-state index contributed by atoms with van der Waals surface area (Å²) in [6.07, 6.45) is 0. The lowest BCUT2D eigenvalue weighted by atomic mass is 10.2. The molecule has 0 bridgehead atoms. The molecule has 2 aromatic rings. The van der Waals surface area contributed by atoms with E-state index in [1.165, 1.54) is 0 Å². The summed E-state index contributed by atoms with van der Waals surface area (Å²) >= 11 is 0. The van der Waals surface area contributed by atoms with Crippen molar-refractivity contribution in [3.63, 3.8) is 0 Å². The van der Waals surface area contributed by atoms with Gasteiger partial charge in [-0.05, 0) is 26.1 Å². The first-order valence-corrected chi connectivity index (χ1v) is 8.33. The van der Waals surface area contributed by atoms with Crippen LogP contribution in [-0.4, -0.2) is 65.8 Å². The van der Waals surface area contributed by atoms with Crippen LogP contribution in [0.15, 0.2) is 24.3 Å². The Hall–Kier alpha value is -1.57. The minimum Gasteiger partial charge on any atom is -0.379 e. The molecule has 0 spiro atoms. The molecule has 5 nitrogen and oxygen atoms in total. The van der Waals surface area contributed by atoms with Crippen molar-refractivity contribution in [3.05, 3.63) is 30.1 Å². The maximum Gasteiger partial charge on any atom is 0.320 e. The molecule has 2 heterocycles. The van der Waals surface area contributed by atoms with Crippen molar-refractivity contribution in [1.29, 1.82) is 0 Å². The topological polar surface area (TPSA) is 33.5 Å². The molecule has 0 radical (unpaired) electrons. The number of halogens is 2. The predicted octanol–water partition coefficient (Wildman–Crippen LogP) is 2.76. The highest BCUT2D eigenvalue weighted by atomic mass is 19.3. The Morgan fingerprint density at radius 2 is 1.96 bits per heavy atom. The zero-order valence-corrected chi connectivity index (χ0v) is 14.2. The zero-order valence-electron chi connectivity index (χ0n) is 14.2. The number of rotatable bonds is 6. The number of nitrogens with zero attached hydrogens (tertiary/aromatic N) is 4. The molecule has 0 aliphatic carbocycles. The standard InChI is InChI=1S/C17H24F2N4O/c1-13(21(2)7-8-22-9-11-24-12-10-22)16-20-14-5-3-4-6-15(14)23(16)17(18)19/h3-6,13,17H,7-12H2,1-2H3. The number of benzene rings is 1. The smallest absolute Gasteiger partial charge is 0.320 e. The number of para-hydroxylation sites is 2. The number of imidazole rings is 1. The quantitative estimate of drug-likeness (QED) is 0.811. The number of ether oxygens (including phenoxy) is 1. The Morgan fingerprint density at radius 1 is 1.25 bits per heavy atom. The Labute approximate surface area is 140 Å². The summed E-state index contributed by atoms with van der Waals surface area (Å²) in [6, 6.07) is 6.87. The number of fused-ring (bicyclic) bond motifs is 1. The highest BCUT2D eigenvalue weighted by Gasteiger charge is 2.24. The molecule has 1 aromatic carbocycles. The van der Waals surface area contributed by atoms with Gasteiger partial charge in [0.2, 0.25) is 0 Å². The molecular weight excluding hydrogens is 314 g/mol. The Kier molecular flexibility index (Phi) is 5.43. The second-order valence-corrected chi connectivity index (χ2v) is 6.22. The largest absolute Gasteiger partial charge is 0.379 e. The second-order valence-electron chi connectivity index (χ2n) is 6.22. The Bertz CT molecular complexity index is 670. The number of alkyl halides is 2. The van der Waals surface area contributed by atoms with Gasteiger partial charge in [0, 0.05) is 26.2 Å². The molecular formula is C17H24F2N4O. The van der Waals surface area contributed by atoms with Gasteiger partial charge in [0.05, 0.1) is 30.3 Å². The maximum absolute atomic E-state index is 13.6. The summed E-state index contributed by atoms with van der Waals surface area (Å²) in [7, 11) is 1.96. The molecule has 1 aliphatic rings. The van der Waals surface area contributed by atoms with Gasteiger partial charge in [-0.2, -0.15) is 8.78 Å². The van der Waals surface area contributed by atoms with Crippen LogP contribution < -0.4 is 0 Å². The second kappa shape index (κ2) is 7.55. The summed E-state index contributed by atoms with van der Waals surface area (Å²) in [5.74, 6) is 0.413. The van der Waals surface area contributed by atoms with Crippen molar-refractivity contribution in [2.24, 2.45) is 0 Å². The van der Waals surface area contributed by atoms with E-state index in [0.29, 0.717) is 16.9 Å². The van der Waals surface area contributed by atoms with E-state index in [1.54, 1.807) is 18.2 Å². The van der Waals surface area contributed by atoms with Crippen molar-refractivity contribution in [2.45, 2.75) is 19.5 Å². The minimum atomic E-state index is -2.59. The molecule has 1 aliphatic heterocycles. The van der Waals surface area contributed by atoms with E-state index in [-0.39, 0.29) is 6.04 Å².